The number of hydrogen-bond acceptors (Lipinski definition) is 8. The second-order valence-corrected chi connectivity index (χ2v) is 6.71. The summed E-state index contributed by atoms with van der Waals surface area (Å²) in [6.07, 6.45) is 0.548. The monoisotopic (exact) mass is 382 g/mol. The summed E-state index contributed by atoms with van der Waals surface area (Å²) in [5.74, 6) is -0.753. The molecule has 1 heterocycles. The molecule has 0 aliphatic rings. The Morgan fingerprint density at radius 1 is 1.27 bits per heavy atom. The summed E-state index contributed by atoms with van der Waals surface area (Å²) in [5, 5.41) is 9.55. The third-order valence-electron chi connectivity index (χ3n) is 3.07. The molecule has 0 bridgehead atoms. The lowest BCUT2D eigenvalue weighted by Gasteiger charge is -2.07. The van der Waals surface area contributed by atoms with Crippen LogP contribution in [-0.4, -0.2) is 42.0 Å². The Labute approximate surface area is 149 Å². The minimum absolute atomic E-state index is 0.0636. The molecule has 0 aliphatic heterocycles. The molecule has 2 aromatic rings. The van der Waals surface area contributed by atoms with Gasteiger partial charge in [-0.15, -0.1) is 5.10 Å². The summed E-state index contributed by atoms with van der Waals surface area (Å²) in [6.45, 7) is 1.70. The largest absolute Gasteiger partial charge is 0.450 e. The van der Waals surface area contributed by atoms with Crippen molar-refractivity contribution in [3.63, 3.8) is 0 Å². The molecule has 11 nitrogen and oxygen atoms in total. The predicted molar refractivity (Wildman–Crippen MR) is 90.3 cm³/mol. The molecule has 0 unspecified atom stereocenters. The highest BCUT2D eigenvalue weighted by Gasteiger charge is 2.18. The number of nitrogens with zero attached hydrogens (tertiary/aromatic N) is 3. The standard InChI is InChI=1S/C14H18N6O5S/c1-2-25-14(22)16-12-8-20(19-17-12)9-13(21)18-26(23,24)11-5-3-10(7-15)4-6-11/h3-6,8H,2,7,9,15H2,1H3,(H,16,22)(H,18,21). The van der Waals surface area contributed by atoms with E-state index in [2.05, 4.69) is 20.4 Å². The van der Waals surface area contributed by atoms with Gasteiger partial charge in [0.2, 0.25) is 0 Å². The van der Waals surface area contributed by atoms with Crippen molar-refractivity contribution >= 4 is 27.8 Å². The van der Waals surface area contributed by atoms with E-state index >= 15 is 0 Å². The minimum atomic E-state index is -4.02. The second kappa shape index (κ2) is 8.40. The number of nitrogens with one attached hydrogen (secondary N) is 2. The normalized spacial score (nSPS) is 11.0. The molecule has 140 valence electrons. The Morgan fingerprint density at radius 3 is 2.58 bits per heavy atom. The molecule has 0 spiro atoms. The van der Waals surface area contributed by atoms with Gasteiger partial charge in [0.15, 0.2) is 5.82 Å². The Balaban J connectivity index is 1.97. The molecule has 2 amide bonds. The molecule has 0 fully saturated rings. The quantitative estimate of drug-likeness (QED) is 0.594. The van der Waals surface area contributed by atoms with E-state index < -0.39 is 28.6 Å². The molecule has 2 rings (SSSR count). The van der Waals surface area contributed by atoms with Crippen LogP contribution in [-0.2, 0) is 32.6 Å². The molecular weight excluding hydrogens is 364 g/mol. The fourth-order valence-corrected chi connectivity index (χ4v) is 2.87. The topological polar surface area (TPSA) is 158 Å². The minimum Gasteiger partial charge on any atom is -0.450 e. The van der Waals surface area contributed by atoms with Crippen molar-refractivity contribution < 1.29 is 22.7 Å². The van der Waals surface area contributed by atoms with Crippen molar-refractivity contribution in [1.82, 2.24) is 19.7 Å². The van der Waals surface area contributed by atoms with E-state index in [9.17, 15) is 18.0 Å². The number of sulfonamides is 1. The van der Waals surface area contributed by atoms with Crippen molar-refractivity contribution in [3.05, 3.63) is 36.0 Å². The highest BCUT2D eigenvalue weighted by Crippen LogP contribution is 2.10. The third-order valence-corrected chi connectivity index (χ3v) is 4.46. The average Bonchev–Trinajstić information content (AvgIpc) is 3.01. The van der Waals surface area contributed by atoms with Gasteiger partial charge in [-0.25, -0.2) is 22.6 Å². The van der Waals surface area contributed by atoms with Crippen molar-refractivity contribution in [2.24, 2.45) is 5.73 Å². The SMILES string of the molecule is CCOC(=O)Nc1cn(CC(=O)NS(=O)(=O)c2ccc(CN)cc2)nn1. The Bertz CT molecular complexity index is 877. The lowest BCUT2D eigenvalue weighted by molar-refractivity contribution is -0.120. The summed E-state index contributed by atoms with van der Waals surface area (Å²) >= 11 is 0. The van der Waals surface area contributed by atoms with Crippen LogP contribution in [0.2, 0.25) is 0 Å². The van der Waals surface area contributed by atoms with Crippen molar-refractivity contribution in [3.8, 4) is 0 Å². The van der Waals surface area contributed by atoms with E-state index in [0.717, 1.165) is 10.2 Å². The number of rotatable bonds is 7. The number of aromatic nitrogens is 3. The first-order valence-electron chi connectivity index (χ1n) is 7.52. The zero-order chi connectivity index (χ0) is 19.2. The van der Waals surface area contributed by atoms with Crippen molar-refractivity contribution in [2.75, 3.05) is 11.9 Å². The smallest absolute Gasteiger partial charge is 0.412 e. The number of carbonyl (C=O) groups excluding carboxylic acids is 2. The van der Waals surface area contributed by atoms with Crippen LogP contribution in [0.3, 0.4) is 0 Å². The van der Waals surface area contributed by atoms with Crippen LogP contribution >= 0.6 is 0 Å². The lowest BCUT2D eigenvalue weighted by Crippen LogP contribution is -2.33. The molecule has 1 aromatic heterocycles. The number of anilines is 1. The average molecular weight is 382 g/mol. The van der Waals surface area contributed by atoms with Gasteiger partial charge in [-0.05, 0) is 24.6 Å². The maximum absolute atomic E-state index is 12.2. The molecule has 0 saturated carbocycles. The van der Waals surface area contributed by atoms with Crippen LogP contribution in [0.15, 0.2) is 35.4 Å². The Hall–Kier alpha value is -2.99. The Morgan fingerprint density at radius 2 is 1.96 bits per heavy atom. The van der Waals surface area contributed by atoms with Gasteiger partial charge >= 0.3 is 6.09 Å². The molecule has 0 saturated heterocycles. The van der Waals surface area contributed by atoms with Gasteiger partial charge in [0.1, 0.15) is 6.54 Å². The molecule has 0 atom stereocenters. The van der Waals surface area contributed by atoms with Gasteiger partial charge in [0, 0.05) is 6.54 Å². The fourth-order valence-electron chi connectivity index (χ4n) is 1.90. The van der Waals surface area contributed by atoms with E-state index in [-0.39, 0.29) is 23.9 Å². The summed E-state index contributed by atoms with van der Waals surface area (Å²) in [4.78, 5) is 23.1. The van der Waals surface area contributed by atoms with E-state index in [1.54, 1.807) is 19.1 Å². The first-order valence-corrected chi connectivity index (χ1v) is 9.01. The zero-order valence-electron chi connectivity index (χ0n) is 13.9. The summed E-state index contributed by atoms with van der Waals surface area (Å²) in [7, 11) is -4.02. The highest BCUT2D eigenvalue weighted by molar-refractivity contribution is 7.90. The van der Waals surface area contributed by atoms with E-state index in [1.165, 1.54) is 18.3 Å². The van der Waals surface area contributed by atoms with Crippen LogP contribution < -0.4 is 15.8 Å². The van der Waals surface area contributed by atoms with Gasteiger partial charge in [-0.2, -0.15) is 0 Å². The van der Waals surface area contributed by atoms with Crippen molar-refractivity contribution in [1.29, 1.82) is 0 Å². The maximum Gasteiger partial charge on any atom is 0.412 e. The molecule has 4 N–H and O–H groups in total. The van der Waals surface area contributed by atoms with Gasteiger partial charge < -0.3 is 10.5 Å². The number of ether oxygens (including phenoxy) is 1. The highest BCUT2D eigenvalue weighted by atomic mass is 32.2. The number of benzene rings is 1. The van der Waals surface area contributed by atoms with Gasteiger partial charge in [0.25, 0.3) is 15.9 Å². The summed E-state index contributed by atoms with van der Waals surface area (Å²) < 4.78 is 32.0. The lowest BCUT2D eigenvalue weighted by atomic mass is 10.2. The van der Waals surface area contributed by atoms with Crippen LogP contribution in [0, 0.1) is 0 Å². The van der Waals surface area contributed by atoms with Crippen molar-refractivity contribution in [2.45, 2.75) is 24.9 Å². The number of amides is 2. The molecule has 26 heavy (non-hydrogen) atoms. The molecule has 0 radical (unpaired) electrons. The van der Waals surface area contributed by atoms with E-state index in [4.69, 9.17) is 5.73 Å². The predicted octanol–water partition coefficient (Wildman–Crippen LogP) is -0.190. The van der Waals surface area contributed by atoms with Gasteiger partial charge in [0.05, 0.1) is 17.7 Å². The first kappa shape index (κ1) is 19.3. The number of carbonyl (C=O) groups is 2. The third kappa shape index (κ3) is 5.26. The number of nitrogens with two attached hydrogens (primary N) is 1. The Kier molecular flexibility index (Phi) is 6.25. The summed E-state index contributed by atoms with van der Waals surface area (Å²) in [5.41, 5.74) is 6.22. The zero-order valence-corrected chi connectivity index (χ0v) is 14.7. The second-order valence-electron chi connectivity index (χ2n) is 5.02. The molecule has 1 aromatic carbocycles. The first-order chi connectivity index (χ1) is 12.3. The maximum atomic E-state index is 12.2. The van der Waals surface area contributed by atoms with Crippen LogP contribution in [0.1, 0.15) is 12.5 Å². The molecule has 0 aliphatic carbocycles. The van der Waals surface area contributed by atoms with Crippen LogP contribution in [0.5, 0.6) is 0 Å². The van der Waals surface area contributed by atoms with E-state index in [1.807, 2.05) is 4.72 Å². The molecule has 12 heteroatoms. The van der Waals surface area contributed by atoms with Crippen LogP contribution in [0.4, 0.5) is 10.6 Å². The fraction of sp³-hybridized carbons (Fsp3) is 0.286. The van der Waals surface area contributed by atoms with Gasteiger partial charge in [-0.3, -0.25) is 10.1 Å². The summed E-state index contributed by atoms with van der Waals surface area (Å²) in [6, 6.07) is 5.83. The number of hydrogen-bond donors (Lipinski definition) is 3. The van der Waals surface area contributed by atoms with Gasteiger partial charge in [-0.1, -0.05) is 17.3 Å². The van der Waals surface area contributed by atoms with Crippen LogP contribution in [0.25, 0.3) is 0 Å². The van der Waals surface area contributed by atoms with E-state index in [0.29, 0.717) is 0 Å². The molecular formula is C14H18N6O5S.